The lowest BCUT2D eigenvalue weighted by atomic mass is 9.53. The number of nitrogens with one attached hydrogen (secondary N) is 1. The zero-order valence-corrected chi connectivity index (χ0v) is 21.2. The molecule has 0 bridgehead atoms. The van der Waals surface area contributed by atoms with Crippen LogP contribution in [0.15, 0.2) is 42.7 Å². The first-order valence-electron chi connectivity index (χ1n) is 12.3. The van der Waals surface area contributed by atoms with Crippen LogP contribution in [0.5, 0.6) is 17.2 Å². The number of hydrogen-bond acceptors (Lipinski definition) is 7. The smallest absolute Gasteiger partial charge is 0.255 e. The summed E-state index contributed by atoms with van der Waals surface area (Å²) in [5.41, 5.74) is 6.22. The largest absolute Gasteiger partial charge is 0.497 e. The highest BCUT2D eigenvalue weighted by Gasteiger charge is 2.54. The van der Waals surface area contributed by atoms with Gasteiger partial charge >= 0.3 is 0 Å². The lowest BCUT2D eigenvalue weighted by Crippen LogP contribution is -2.58. The summed E-state index contributed by atoms with van der Waals surface area (Å²) in [4.78, 5) is 24.7. The van der Waals surface area contributed by atoms with E-state index in [1.54, 1.807) is 68.2 Å². The van der Waals surface area contributed by atoms with Gasteiger partial charge in [-0.15, -0.1) is 0 Å². The van der Waals surface area contributed by atoms with E-state index in [1.165, 1.54) is 0 Å². The summed E-state index contributed by atoms with van der Waals surface area (Å²) < 4.78 is 18.5. The number of primary amides is 1. The third-order valence-corrected chi connectivity index (χ3v) is 7.09. The normalized spacial score (nSPS) is 22.7. The average Bonchev–Trinajstić information content (AvgIpc) is 3.22. The molecule has 4 N–H and O–H groups in total. The van der Waals surface area contributed by atoms with E-state index >= 15 is 0 Å². The fourth-order valence-corrected chi connectivity index (χ4v) is 5.27. The van der Waals surface area contributed by atoms with Gasteiger partial charge in [0.25, 0.3) is 11.8 Å². The second kappa shape index (κ2) is 9.26. The minimum atomic E-state index is -0.946. The molecule has 10 nitrogen and oxygen atoms in total. The van der Waals surface area contributed by atoms with E-state index in [9.17, 15) is 14.7 Å². The molecule has 0 radical (unpaired) electrons. The third kappa shape index (κ3) is 5.20. The standard InChI is InChI=1S/C27H32N4O6/c1-26(2,34)15-36-18-5-7-22-21(13-29-31(22)14-18)25(33)30-16-9-27(10-16)11-19(12-27)37-23-8-17(35-3)4-6-20(23)24(28)32/h4-8,13-14,16,19,34H,9-12,15H2,1-3H3,(H2,28,32)(H,30,33). The molecule has 2 aliphatic carbocycles. The van der Waals surface area contributed by atoms with Crippen molar-refractivity contribution in [3.05, 3.63) is 53.9 Å². The second-order valence-electron chi connectivity index (χ2n) is 10.8. The summed E-state index contributed by atoms with van der Waals surface area (Å²) in [5.74, 6) is 0.908. The maximum absolute atomic E-state index is 12.9. The molecule has 1 aromatic carbocycles. The van der Waals surface area contributed by atoms with Gasteiger partial charge in [0, 0.05) is 12.1 Å². The maximum atomic E-state index is 12.9. The third-order valence-electron chi connectivity index (χ3n) is 7.09. The summed E-state index contributed by atoms with van der Waals surface area (Å²) in [6.45, 7) is 3.49. The summed E-state index contributed by atoms with van der Waals surface area (Å²) in [6.07, 6.45) is 6.72. The molecule has 1 spiro atoms. The Morgan fingerprint density at radius 1 is 1.16 bits per heavy atom. The van der Waals surface area contributed by atoms with Crippen LogP contribution < -0.4 is 25.3 Å². The number of rotatable bonds is 9. The van der Waals surface area contributed by atoms with Crippen LogP contribution in [0.1, 0.15) is 60.2 Å². The Kier molecular flexibility index (Phi) is 6.23. The average molecular weight is 509 g/mol. The summed E-state index contributed by atoms with van der Waals surface area (Å²) in [7, 11) is 1.56. The van der Waals surface area contributed by atoms with Gasteiger partial charge in [-0.1, -0.05) is 0 Å². The quantitative estimate of drug-likeness (QED) is 0.404. The van der Waals surface area contributed by atoms with Crippen molar-refractivity contribution in [3.63, 3.8) is 0 Å². The van der Waals surface area contributed by atoms with Crippen LogP contribution in [0.25, 0.3) is 5.52 Å². The van der Waals surface area contributed by atoms with Crippen molar-refractivity contribution < 1.29 is 28.9 Å². The minimum Gasteiger partial charge on any atom is -0.497 e. The molecule has 10 heteroatoms. The number of aliphatic hydroxyl groups is 1. The Balaban J connectivity index is 1.14. The van der Waals surface area contributed by atoms with Crippen LogP contribution in [0, 0.1) is 5.41 Å². The van der Waals surface area contributed by atoms with E-state index in [1.807, 2.05) is 0 Å². The van der Waals surface area contributed by atoms with Gasteiger partial charge in [-0.25, -0.2) is 4.52 Å². The van der Waals surface area contributed by atoms with Gasteiger partial charge in [-0.3, -0.25) is 9.59 Å². The lowest BCUT2D eigenvalue weighted by Gasteiger charge is -2.57. The number of amides is 2. The van der Waals surface area contributed by atoms with Crippen molar-refractivity contribution >= 4 is 17.3 Å². The SMILES string of the molecule is COc1ccc(C(N)=O)c(OC2CC3(CC(NC(=O)c4cnn5cc(OCC(C)(C)O)ccc45)C3)C2)c1. The molecule has 2 aromatic heterocycles. The van der Waals surface area contributed by atoms with Crippen LogP contribution in [-0.2, 0) is 0 Å². The Labute approximate surface area is 214 Å². The maximum Gasteiger partial charge on any atom is 0.255 e. The molecule has 0 atom stereocenters. The van der Waals surface area contributed by atoms with Crippen molar-refractivity contribution in [3.8, 4) is 17.2 Å². The zero-order chi connectivity index (χ0) is 26.4. The summed E-state index contributed by atoms with van der Waals surface area (Å²) >= 11 is 0. The number of nitrogens with zero attached hydrogens (tertiary/aromatic N) is 2. The number of nitrogens with two attached hydrogens (primary N) is 1. The minimum absolute atomic E-state index is 0.00528. The first-order chi connectivity index (χ1) is 17.5. The number of ether oxygens (including phenoxy) is 3. The molecule has 5 rings (SSSR count). The van der Waals surface area contributed by atoms with Crippen molar-refractivity contribution in [2.24, 2.45) is 11.1 Å². The second-order valence-corrected chi connectivity index (χ2v) is 10.8. The van der Waals surface area contributed by atoms with Gasteiger partial charge in [-0.05, 0) is 69.2 Å². The van der Waals surface area contributed by atoms with Crippen LogP contribution >= 0.6 is 0 Å². The molecular formula is C27H32N4O6. The summed E-state index contributed by atoms with van der Waals surface area (Å²) in [6, 6.07) is 8.63. The highest BCUT2D eigenvalue weighted by atomic mass is 16.5. The van der Waals surface area contributed by atoms with E-state index in [0.29, 0.717) is 33.9 Å². The molecule has 196 valence electrons. The number of carbonyl (C=O) groups excluding carboxylic acids is 2. The van der Waals surface area contributed by atoms with Crippen molar-refractivity contribution in [1.82, 2.24) is 14.9 Å². The van der Waals surface area contributed by atoms with Gasteiger partial charge in [-0.2, -0.15) is 5.10 Å². The Morgan fingerprint density at radius 2 is 1.89 bits per heavy atom. The molecule has 2 heterocycles. The first kappa shape index (κ1) is 24.9. The number of carbonyl (C=O) groups is 2. The van der Waals surface area contributed by atoms with Crippen LogP contribution in [0.2, 0.25) is 0 Å². The first-order valence-corrected chi connectivity index (χ1v) is 12.3. The highest BCUT2D eigenvalue weighted by molar-refractivity contribution is 6.00. The molecule has 2 amide bonds. The molecule has 3 aromatic rings. The van der Waals surface area contributed by atoms with Crippen molar-refractivity contribution in [2.45, 2.75) is 57.3 Å². The van der Waals surface area contributed by atoms with Gasteiger partial charge in [0.05, 0.1) is 47.9 Å². The van der Waals surface area contributed by atoms with Crippen LogP contribution in [-0.4, -0.2) is 58.0 Å². The van der Waals surface area contributed by atoms with E-state index < -0.39 is 11.5 Å². The Hall–Kier alpha value is -3.79. The van der Waals surface area contributed by atoms with Gasteiger partial charge in [0.15, 0.2) is 0 Å². The van der Waals surface area contributed by atoms with E-state index in [2.05, 4.69) is 10.4 Å². The molecule has 2 saturated carbocycles. The predicted molar refractivity (Wildman–Crippen MR) is 135 cm³/mol. The molecule has 2 aliphatic rings. The number of pyridine rings is 1. The van der Waals surface area contributed by atoms with Gasteiger partial charge in [0.1, 0.15) is 23.9 Å². The number of fused-ring (bicyclic) bond motifs is 1. The van der Waals surface area contributed by atoms with Crippen LogP contribution in [0.4, 0.5) is 0 Å². The van der Waals surface area contributed by atoms with Crippen molar-refractivity contribution in [2.75, 3.05) is 13.7 Å². The van der Waals surface area contributed by atoms with E-state index in [-0.39, 0.29) is 30.1 Å². The number of aromatic nitrogens is 2. The highest BCUT2D eigenvalue weighted by Crippen LogP contribution is 2.57. The van der Waals surface area contributed by atoms with Crippen molar-refractivity contribution in [1.29, 1.82) is 0 Å². The van der Waals surface area contributed by atoms with Gasteiger partial charge < -0.3 is 30.4 Å². The fraction of sp³-hybridized carbons (Fsp3) is 0.444. The lowest BCUT2D eigenvalue weighted by molar-refractivity contribution is -0.0834. The topological polar surface area (TPSA) is 137 Å². The number of methoxy groups -OCH3 is 1. The van der Waals surface area contributed by atoms with Crippen LogP contribution in [0.3, 0.4) is 0 Å². The van der Waals surface area contributed by atoms with E-state index in [0.717, 1.165) is 25.7 Å². The Bertz CT molecular complexity index is 1330. The molecular weight excluding hydrogens is 476 g/mol. The molecule has 37 heavy (non-hydrogen) atoms. The van der Waals surface area contributed by atoms with E-state index in [4.69, 9.17) is 19.9 Å². The monoisotopic (exact) mass is 508 g/mol. The number of benzene rings is 1. The van der Waals surface area contributed by atoms with Gasteiger partial charge in [0.2, 0.25) is 0 Å². The Morgan fingerprint density at radius 3 is 2.57 bits per heavy atom. The summed E-state index contributed by atoms with van der Waals surface area (Å²) in [5, 5.41) is 17.3. The predicted octanol–water partition coefficient (Wildman–Crippen LogP) is 2.71. The zero-order valence-electron chi connectivity index (χ0n) is 21.2. The molecule has 0 unspecified atom stereocenters. The molecule has 0 aliphatic heterocycles. The fourth-order valence-electron chi connectivity index (χ4n) is 5.27. The molecule has 2 fully saturated rings. The molecule has 0 saturated heterocycles. The number of hydrogen-bond donors (Lipinski definition) is 3.